The van der Waals surface area contributed by atoms with Gasteiger partial charge in [0.15, 0.2) is 17.2 Å². The van der Waals surface area contributed by atoms with Gasteiger partial charge in [-0.05, 0) is 24.3 Å². The Labute approximate surface area is 180 Å². The zero-order valence-corrected chi connectivity index (χ0v) is 17.4. The van der Waals surface area contributed by atoms with E-state index in [1.807, 2.05) is 0 Å². The monoisotopic (exact) mass is 457 g/mol. The van der Waals surface area contributed by atoms with Gasteiger partial charge in [-0.15, -0.1) is 0 Å². The molecule has 2 aromatic heterocycles. The summed E-state index contributed by atoms with van der Waals surface area (Å²) in [6, 6.07) is 6.03. The second kappa shape index (κ2) is 8.77. The maximum atomic E-state index is 12.4. The molecule has 29 heavy (non-hydrogen) atoms. The van der Waals surface area contributed by atoms with Gasteiger partial charge in [0.25, 0.3) is 5.91 Å². The summed E-state index contributed by atoms with van der Waals surface area (Å²) in [5.74, 6) is -0.589. The van der Waals surface area contributed by atoms with Crippen LogP contribution in [0, 0.1) is 0 Å². The molecular formula is C18H14Cl3N3O5. The van der Waals surface area contributed by atoms with Crippen molar-refractivity contribution in [3.8, 4) is 5.75 Å². The largest absolute Gasteiger partial charge is 0.483 e. The summed E-state index contributed by atoms with van der Waals surface area (Å²) in [5, 5.41) is 7.38. The number of halogens is 3. The normalized spacial score (nSPS) is 10.7. The first-order valence-corrected chi connectivity index (χ1v) is 9.21. The number of esters is 1. The molecule has 0 bridgehead atoms. The molecule has 1 aromatic carbocycles. The number of amides is 1. The van der Waals surface area contributed by atoms with Crippen molar-refractivity contribution in [3.05, 3.63) is 62.7 Å². The van der Waals surface area contributed by atoms with Crippen LogP contribution in [0.3, 0.4) is 0 Å². The summed E-state index contributed by atoms with van der Waals surface area (Å²) in [4.78, 5) is 24.3. The Morgan fingerprint density at radius 2 is 1.90 bits per heavy atom. The third kappa shape index (κ3) is 4.67. The smallest absolute Gasteiger partial charge is 0.358 e. The molecule has 11 heteroatoms. The highest BCUT2D eigenvalue weighted by Gasteiger charge is 2.21. The number of carbonyl (C=O) groups is 2. The van der Waals surface area contributed by atoms with E-state index in [0.29, 0.717) is 10.8 Å². The number of benzene rings is 1. The number of hydrogen-bond donors (Lipinski definition) is 1. The van der Waals surface area contributed by atoms with E-state index in [0.717, 1.165) is 0 Å². The molecule has 1 amide bonds. The average molecular weight is 459 g/mol. The Bertz CT molecular complexity index is 1050. The number of nitrogens with one attached hydrogen (secondary N) is 1. The highest BCUT2D eigenvalue weighted by Crippen LogP contribution is 2.36. The SMILES string of the molecule is COC(=O)c1c(NC(=O)c2ccc(COc3c(Cl)cc(Cl)cc3Cl)o2)cnn1C. The van der Waals surface area contributed by atoms with Crippen LogP contribution in [0.15, 0.2) is 34.9 Å². The predicted molar refractivity (Wildman–Crippen MR) is 107 cm³/mol. The molecule has 0 radical (unpaired) electrons. The Balaban J connectivity index is 1.69. The summed E-state index contributed by atoms with van der Waals surface area (Å²) >= 11 is 18.0. The van der Waals surface area contributed by atoms with E-state index in [9.17, 15) is 9.59 Å². The maximum Gasteiger partial charge on any atom is 0.358 e. The Morgan fingerprint density at radius 1 is 1.21 bits per heavy atom. The first-order valence-electron chi connectivity index (χ1n) is 8.08. The molecule has 3 aromatic rings. The van der Waals surface area contributed by atoms with Crippen LogP contribution in [-0.2, 0) is 18.4 Å². The van der Waals surface area contributed by atoms with Crippen LogP contribution in [0.1, 0.15) is 26.8 Å². The standard InChI is InChI=1S/C18H14Cl3N3O5/c1-24-15(18(26)27-2)13(7-22-24)23-17(25)14-4-3-10(29-14)8-28-16-11(20)5-9(19)6-12(16)21/h3-7H,8H2,1-2H3,(H,23,25). The zero-order chi connectivity index (χ0) is 21.1. The Kier molecular flexibility index (Phi) is 6.36. The molecule has 0 aliphatic carbocycles. The highest BCUT2D eigenvalue weighted by atomic mass is 35.5. The van der Waals surface area contributed by atoms with Gasteiger partial charge in [0, 0.05) is 12.1 Å². The summed E-state index contributed by atoms with van der Waals surface area (Å²) in [5.41, 5.74) is 0.293. The van der Waals surface area contributed by atoms with Crippen LogP contribution >= 0.6 is 34.8 Å². The van der Waals surface area contributed by atoms with Gasteiger partial charge in [-0.25, -0.2) is 4.79 Å². The van der Waals surface area contributed by atoms with Gasteiger partial charge in [0.1, 0.15) is 12.4 Å². The first-order chi connectivity index (χ1) is 13.8. The molecule has 1 N–H and O–H groups in total. The lowest BCUT2D eigenvalue weighted by atomic mass is 10.3. The van der Waals surface area contributed by atoms with Gasteiger partial charge in [-0.1, -0.05) is 34.8 Å². The predicted octanol–water partition coefficient (Wildman–Crippen LogP) is 4.59. The molecule has 0 aliphatic heterocycles. The van der Waals surface area contributed by atoms with E-state index in [1.54, 1.807) is 13.1 Å². The minimum absolute atomic E-state index is 0.0107. The number of hydrogen-bond acceptors (Lipinski definition) is 6. The number of ether oxygens (including phenoxy) is 2. The molecule has 0 spiro atoms. The third-order valence-corrected chi connectivity index (χ3v) is 4.55. The molecule has 2 heterocycles. The lowest BCUT2D eigenvalue weighted by Gasteiger charge is -2.09. The van der Waals surface area contributed by atoms with Crippen LogP contribution in [0.25, 0.3) is 0 Å². The fraction of sp³-hybridized carbons (Fsp3) is 0.167. The van der Waals surface area contributed by atoms with Gasteiger partial charge in [-0.3, -0.25) is 9.48 Å². The minimum Gasteiger partial charge on any atom is -0.483 e. The summed E-state index contributed by atoms with van der Waals surface area (Å²) < 4.78 is 17.0. The molecule has 8 nitrogen and oxygen atoms in total. The van der Waals surface area contributed by atoms with E-state index in [2.05, 4.69) is 15.2 Å². The summed E-state index contributed by atoms with van der Waals surface area (Å²) in [6.07, 6.45) is 1.33. The number of carbonyl (C=O) groups excluding carboxylic acids is 2. The number of aromatic nitrogens is 2. The second-order valence-electron chi connectivity index (χ2n) is 5.73. The zero-order valence-electron chi connectivity index (χ0n) is 15.2. The van der Waals surface area contributed by atoms with Gasteiger partial charge in [0.2, 0.25) is 0 Å². The van der Waals surface area contributed by atoms with Crippen molar-refractivity contribution in [1.29, 1.82) is 0 Å². The van der Waals surface area contributed by atoms with Crippen molar-refractivity contribution in [2.24, 2.45) is 7.05 Å². The van der Waals surface area contributed by atoms with Crippen molar-refractivity contribution in [2.75, 3.05) is 12.4 Å². The fourth-order valence-electron chi connectivity index (χ4n) is 2.44. The van der Waals surface area contributed by atoms with E-state index in [4.69, 9.17) is 44.0 Å². The van der Waals surface area contributed by atoms with Crippen molar-refractivity contribution in [3.63, 3.8) is 0 Å². The lowest BCUT2D eigenvalue weighted by molar-refractivity contribution is 0.0589. The number of furan rings is 1. The molecular weight excluding hydrogens is 445 g/mol. The molecule has 3 rings (SSSR count). The average Bonchev–Trinajstić information content (AvgIpc) is 3.27. The molecule has 0 aliphatic rings. The van der Waals surface area contributed by atoms with E-state index < -0.39 is 11.9 Å². The Hall–Kier alpha value is -2.68. The van der Waals surface area contributed by atoms with E-state index in [-0.39, 0.29) is 39.5 Å². The minimum atomic E-state index is -0.634. The van der Waals surface area contributed by atoms with E-state index >= 15 is 0 Å². The van der Waals surface area contributed by atoms with Gasteiger partial charge in [-0.2, -0.15) is 5.10 Å². The van der Waals surface area contributed by atoms with Gasteiger partial charge >= 0.3 is 5.97 Å². The van der Waals surface area contributed by atoms with Crippen LogP contribution in [0.2, 0.25) is 15.1 Å². The lowest BCUT2D eigenvalue weighted by Crippen LogP contribution is -2.16. The quantitative estimate of drug-likeness (QED) is 0.543. The van der Waals surface area contributed by atoms with Gasteiger partial charge < -0.3 is 19.2 Å². The number of methoxy groups -OCH3 is 1. The third-order valence-electron chi connectivity index (χ3n) is 3.77. The number of rotatable bonds is 6. The molecule has 0 atom stereocenters. The second-order valence-corrected chi connectivity index (χ2v) is 6.98. The van der Waals surface area contributed by atoms with Crippen LogP contribution in [-0.4, -0.2) is 28.8 Å². The molecule has 0 saturated heterocycles. The van der Waals surface area contributed by atoms with Crippen molar-refractivity contribution >= 4 is 52.4 Å². The number of aryl methyl sites for hydroxylation is 1. The number of nitrogens with zero attached hydrogens (tertiary/aromatic N) is 2. The van der Waals surface area contributed by atoms with Crippen molar-refractivity contribution in [2.45, 2.75) is 6.61 Å². The van der Waals surface area contributed by atoms with Gasteiger partial charge in [0.05, 0.1) is 29.0 Å². The van der Waals surface area contributed by atoms with Crippen molar-refractivity contribution < 1.29 is 23.5 Å². The van der Waals surface area contributed by atoms with Crippen LogP contribution in [0.4, 0.5) is 5.69 Å². The summed E-state index contributed by atoms with van der Waals surface area (Å²) in [7, 11) is 2.79. The Morgan fingerprint density at radius 3 is 2.55 bits per heavy atom. The topological polar surface area (TPSA) is 95.6 Å². The maximum absolute atomic E-state index is 12.4. The number of anilines is 1. The van der Waals surface area contributed by atoms with Crippen LogP contribution in [0.5, 0.6) is 5.75 Å². The molecule has 0 saturated carbocycles. The van der Waals surface area contributed by atoms with E-state index in [1.165, 1.54) is 36.2 Å². The highest BCUT2D eigenvalue weighted by molar-refractivity contribution is 6.40. The fourth-order valence-corrected chi connectivity index (χ4v) is 3.37. The molecule has 0 fully saturated rings. The molecule has 0 unspecified atom stereocenters. The summed E-state index contributed by atoms with van der Waals surface area (Å²) in [6.45, 7) is -0.0192. The molecule has 152 valence electrons. The van der Waals surface area contributed by atoms with Crippen molar-refractivity contribution in [1.82, 2.24) is 9.78 Å². The first kappa shape index (κ1) is 21.0. The van der Waals surface area contributed by atoms with Crippen LogP contribution < -0.4 is 10.1 Å².